The number of carbonyl (C=O) groups excluding carboxylic acids is 1. The highest BCUT2D eigenvalue weighted by Gasteiger charge is 2.09. The molecule has 27 heavy (non-hydrogen) atoms. The Morgan fingerprint density at radius 2 is 1.81 bits per heavy atom. The Morgan fingerprint density at radius 1 is 1.07 bits per heavy atom. The first-order chi connectivity index (χ1) is 13.2. The summed E-state index contributed by atoms with van der Waals surface area (Å²) in [4.78, 5) is 16.2. The van der Waals surface area contributed by atoms with Gasteiger partial charge < -0.3 is 10.6 Å². The third-order valence-corrected chi connectivity index (χ3v) is 4.99. The van der Waals surface area contributed by atoms with Crippen LogP contribution in [0.3, 0.4) is 0 Å². The summed E-state index contributed by atoms with van der Waals surface area (Å²) >= 11 is 0.0677. The predicted octanol–water partition coefficient (Wildman–Crippen LogP) is 4.97. The average molecular weight is 399 g/mol. The molecule has 0 aliphatic heterocycles. The van der Waals surface area contributed by atoms with E-state index in [1.165, 1.54) is 17.8 Å². The maximum Gasteiger partial charge on any atom is 0.255 e. The third kappa shape index (κ3) is 5.60. The fraction of sp³-hybridized carbons (Fsp3) is 0.100. The zero-order valence-corrected chi connectivity index (χ0v) is 16.4. The van der Waals surface area contributed by atoms with E-state index in [9.17, 15) is 8.68 Å². The van der Waals surface area contributed by atoms with Crippen LogP contribution in [0.15, 0.2) is 78.0 Å². The SMILES string of the molecule is O=C(Nc1ccc(SF)nc1)c1ccc(C(P)NCc2ccccc2)cc1. The van der Waals surface area contributed by atoms with Crippen LogP contribution in [-0.2, 0) is 6.54 Å². The number of aromatic nitrogens is 1. The Kier molecular flexibility index (Phi) is 6.93. The summed E-state index contributed by atoms with van der Waals surface area (Å²) in [6, 6.07) is 20.7. The molecule has 0 radical (unpaired) electrons. The lowest BCUT2D eigenvalue weighted by Gasteiger charge is -2.15. The molecule has 2 unspecified atom stereocenters. The van der Waals surface area contributed by atoms with Crippen molar-refractivity contribution in [1.29, 1.82) is 0 Å². The van der Waals surface area contributed by atoms with Crippen molar-refractivity contribution in [3.8, 4) is 0 Å². The van der Waals surface area contributed by atoms with E-state index in [0.717, 1.165) is 12.1 Å². The second kappa shape index (κ2) is 9.60. The van der Waals surface area contributed by atoms with Crippen LogP contribution in [0.25, 0.3) is 0 Å². The highest BCUT2D eigenvalue weighted by molar-refractivity contribution is 7.94. The molecular weight excluding hydrogens is 380 g/mol. The van der Waals surface area contributed by atoms with Crippen LogP contribution in [0.5, 0.6) is 0 Å². The topological polar surface area (TPSA) is 54.0 Å². The summed E-state index contributed by atoms with van der Waals surface area (Å²) in [6.45, 7) is 0.761. The van der Waals surface area contributed by atoms with Gasteiger partial charge in [-0.2, -0.15) is 3.89 Å². The molecule has 0 bridgehead atoms. The highest BCUT2D eigenvalue weighted by Crippen LogP contribution is 2.22. The monoisotopic (exact) mass is 399 g/mol. The van der Waals surface area contributed by atoms with Crippen LogP contribution in [0.4, 0.5) is 9.57 Å². The maximum absolute atomic E-state index is 12.4. The van der Waals surface area contributed by atoms with Crippen LogP contribution in [-0.4, -0.2) is 10.9 Å². The average Bonchev–Trinajstić information content (AvgIpc) is 2.73. The molecule has 3 aromatic rings. The lowest BCUT2D eigenvalue weighted by Crippen LogP contribution is -2.16. The Balaban J connectivity index is 1.57. The van der Waals surface area contributed by atoms with E-state index in [1.54, 1.807) is 18.2 Å². The second-order valence-electron chi connectivity index (χ2n) is 5.88. The van der Waals surface area contributed by atoms with Crippen molar-refractivity contribution in [3.05, 3.63) is 89.6 Å². The van der Waals surface area contributed by atoms with Crippen molar-refractivity contribution in [2.24, 2.45) is 0 Å². The molecule has 1 aromatic heterocycles. The van der Waals surface area contributed by atoms with Gasteiger partial charge in [0.1, 0.15) is 17.2 Å². The molecule has 2 aromatic carbocycles. The number of amides is 1. The van der Waals surface area contributed by atoms with Crippen molar-refractivity contribution in [3.63, 3.8) is 0 Å². The van der Waals surface area contributed by atoms with Gasteiger partial charge in [-0.05, 0) is 35.4 Å². The number of rotatable bonds is 7. The minimum Gasteiger partial charge on any atom is -0.321 e. The van der Waals surface area contributed by atoms with Gasteiger partial charge in [-0.3, -0.25) is 4.79 Å². The standard InChI is InChI=1S/C20H19FN3OPS/c21-27-18-11-10-17(13-22-18)24-19(25)15-6-8-16(9-7-15)20(26)23-12-14-4-2-1-3-5-14/h1-11,13,20,23H,12,26H2,(H,24,25). The van der Waals surface area contributed by atoms with E-state index in [2.05, 4.69) is 37.0 Å². The summed E-state index contributed by atoms with van der Waals surface area (Å²) in [5.41, 5.74) is 3.35. The number of nitrogens with zero attached hydrogens (tertiary/aromatic N) is 1. The molecule has 3 rings (SSSR count). The first-order valence-corrected chi connectivity index (χ1v) is 9.73. The quantitative estimate of drug-likeness (QED) is 0.551. The molecule has 0 fully saturated rings. The van der Waals surface area contributed by atoms with Gasteiger partial charge in [-0.1, -0.05) is 42.5 Å². The van der Waals surface area contributed by atoms with E-state index < -0.39 is 0 Å². The summed E-state index contributed by atoms with van der Waals surface area (Å²) in [7, 11) is 2.77. The van der Waals surface area contributed by atoms with Crippen LogP contribution >= 0.6 is 21.4 Å². The zero-order chi connectivity index (χ0) is 19.1. The van der Waals surface area contributed by atoms with E-state index in [-0.39, 0.29) is 28.9 Å². The smallest absolute Gasteiger partial charge is 0.255 e. The molecule has 0 saturated carbocycles. The molecule has 1 amide bonds. The number of nitrogens with one attached hydrogen (secondary N) is 2. The van der Waals surface area contributed by atoms with Gasteiger partial charge in [0.2, 0.25) is 0 Å². The van der Waals surface area contributed by atoms with Gasteiger partial charge in [-0.15, -0.1) is 9.24 Å². The van der Waals surface area contributed by atoms with Gasteiger partial charge in [0.15, 0.2) is 0 Å². The number of halogens is 1. The first-order valence-electron chi connectivity index (χ1n) is 8.34. The minimum absolute atomic E-state index is 0.0677. The lowest BCUT2D eigenvalue weighted by atomic mass is 10.1. The summed E-state index contributed by atoms with van der Waals surface area (Å²) < 4.78 is 12.4. The fourth-order valence-corrected chi connectivity index (χ4v) is 3.04. The van der Waals surface area contributed by atoms with Crippen LogP contribution in [0.1, 0.15) is 27.3 Å². The van der Waals surface area contributed by atoms with E-state index in [4.69, 9.17) is 0 Å². The Labute approximate surface area is 164 Å². The Bertz CT molecular complexity index is 876. The van der Waals surface area contributed by atoms with Crippen LogP contribution < -0.4 is 10.6 Å². The largest absolute Gasteiger partial charge is 0.321 e. The predicted molar refractivity (Wildman–Crippen MR) is 111 cm³/mol. The number of benzene rings is 2. The number of carbonyl (C=O) groups is 1. The molecule has 138 valence electrons. The molecule has 7 heteroatoms. The number of pyridine rings is 1. The van der Waals surface area contributed by atoms with E-state index in [0.29, 0.717) is 11.3 Å². The van der Waals surface area contributed by atoms with Gasteiger partial charge in [0, 0.05) is 17.9 Å². The highest BCUT2D eigenvalue weighted by atomic mass is 32.2. The van der Waals surface area contributed by atoms with Crippen molar-refractivity contribution in [1.82, 2.24) is 10.3 Å². The first kappa shape index (κ1) is 19.5. The molecular formula is C20H19FN3OPS. The molecule has 2 atom stereocenters. The van der Waals surface area contributed by atoms with Gasteiger partial charge in [0.05, 0.1) is 11.9 Å². The van der Waals surface area contributed by atoms with Gasteiger partial charge in [-0.25, -0.2) is 4.98 Å². The molecule has 2 N–H and O–H groups in total. The van der Waals surface area contributed by atoms with Crippen LogP contribution in [0, 0.1) is 0 Å². The molecule has 0 aliphatic carbocycles. The van der Waals surface area contributed by atoms with Gasteiger partial charge in [0.25, 0.3) is 5.91 Å². The summed E-state index contributed by atoms with van der Waals surface area (Å²) in [5.74, 6) is -0.154. The lowest BCUT2D eigenvalue weighted by molar-refractivity contribution is 0.102. The van der Waals surface area contributed by atoms with E-state index in [1.807, 2.05) is 30.3 Å². The Hall–Kier alpha value is -2.27. The summed E-state index contributed by atoms with van der Waals surface area (Å²) in [6.07, 6.45) is 1.43. The maximum atomic E-state index is 12.4. The van der Waals surface area contributed by atoms with Crippen molar-refractivity contribution >= 4 is 33.0 Å². The number of hydrogen-bond acceptors (Lipinski definition) is 4. The van der Waals surface area contributed by atoms with Crippen LogP contribution in [0.2, 0.25) is 0 Å². The second-order valence-corrected chi connectivity index (χ2v) is 7.12. The molecule has 0 spiro atoms. The minimum atomic E-state index is -0.235. The Morgan fingerprint density at radius 3 is 2.44 bits per heavy atom. The molecule has 1 heterocycles. The molecule has 0 aliphatic rings. The van der Waals surface area contributed by atoms with Crippen molar-refractivity contribution < 1.29 is 8.68 Å². The molecule has 0 saturated heterocycles. The fourth-order valence-electron chi connectivity index (χ4n) is 2.49. The zero-order valence-electron chi connectivity index (χ0n) is 14.4. The molecule has 4 nitrogen and oxygen atoms in total. The number of anilines is 1. The van der Waals surface area contributed by atoms with Gasteiger partial charge >= 0.3 is 0 Å². The third-order valence-electron chi connectivity index (χ3n) is 3.97. The van der Waals surface area contributed by atoms with Crippen molar-refractivity contribution in [2.75, 3.05) is 5.32 Å². The normalized spacial score (nSPS) is 11.8. The number of hydrogen-bond donors (Lipinski definition) is 2. The van der Waals surface area contributed by atoms with E-state index >= 15 is 0 Å². The summed E-state index contributed by atoms with van der Waals surface area (Å²) in [5, 5.41) is 6.44. The van der Waals surface area contributed by atoms with Crippen molar-refractivity contribution in [2.45, 2.75) is 17.4 Å².